The van der Waals surface area contributed by atoms with Crippen molar-refractivity contribution >= 4 is 5.91 Å². The van der Waals surface area contributed by atoms with Crippen LogP contribution in [0.5, 0.6) is 5.75 Å². The summed E-state index contributed by atoms with van der Waals surface area (Å²) in [5.74, 6) is 1.22. The predicted molar refractivity (Wildman–Crippen MR) is 97.7 cm³/mol. The third kappa shape index (κ3) is 4.03. The van der Waals surface area contributed by atoms with E-state index in [-0.39, 0.29) is 17.9 Å². The number of aromatic nitrogens is 2. The number of likely N-dealkylation sites (tertiary alicyclic amines) is 1. The number of hydrogen-bond donors (Lipinski definition) is 0. The zero-order valence-corrected chi connectivity index (χ0v) is 15.3. The van der Waals surface area contributed by atoms with Crippen LogP contribution in [0.2, 0.25) is 0 Å². The Bertz CT molecular complexity index is 725. The van der Waals surface area contributed by atoms with Crippen LogP contribution in [0.25, 0.3) is 0 Å². The minimum Gasteiger partial charge on any atom is -0.496 e. The maximum Gasteiger partial charge on any atom is 0.223 e. The predicted octanol–water partition coefficient (Wildman–Crippen LogP) is 3.38. The summed E-state index contributed by atoms with van der Waals surface area (Å²) in [6.07, 6.45) is 6.53. The van der Waals surface area contributed by atoms with Gasteiger partial charge in [0, 0.05) is 19.2 Å². The first-order chi connectivity index (χ1) is 12.1. The van der Waals surface area contributed by atoms with Crippen molar-refractivity contribution in [3.05, 3.63) is 47.8 Å². The maximum atomic E-state index is 12.9. The summed E-state index contributed by atoms with van der Waals surface area (Å²) in [7, 11) is 1.68. The van der Waals surface area contributed by atoms with Crippen LogP contribution in [-0.4, -0.2) is 40.3 Å². The lowest BCUT2D eigenvalue weighted by atomic mass is 9.96. The Morgan fingerprint density at radius 1 is 1.40 bits per heavy atom. The Labute approximate surface area is 149 Å². The summed E-state index contributed by atoms with van der Waals surface area (Å²) in [4.78, 5) is 14.9. The van der Waals surface area contributed by atoms with Crippen molar-refractivity contribution in [1.82, 2.24) is 14.7 Å². The molecule has 1 aliphatic heterocycles. The summed E-state index contributed by atoms with van der Waals surface area (Å²) in [6.45, 7) is 5.76. The van der Waals surface area contributed by atoms with Gasteiger partial charge in [-0.2, -0.15) is 5.10 Å². The molecular formula is C20H27N3O2. The molecule has 3 rings (SSSR count). The number of carbonyl (C=O) groups is 1. The van der Waals surface area contributed by atoms with Crippen molar-refractivity contribution in [3.8, 4) is 5.75 Å². The molecule has 1 aliphatic rings. The minimum atomic E-state index is 0.136. The van der Waals surface area contributed by atoms with Crippen LogP contribution < -0.4 is 4.74 Å². The van der Waals surface area contributed by atoms with Gasteiger partial charge >= 0.3 is 0 Å². The van der Waals surface area contributed by atoms with Crippen molar-refractivity contribution in [1.29, 1.82) is 0 Å². The number of benzene rings is 1. The SMILES string of the molecule is COc1ccccc1[C@@H](C)CC(=O)N1CCC[C@@H]1Cn1cc(C)cn1. The van der Waals surface area contributed by atoms with Crippen LogP contribution in [-0.2, 0) is 11.3 Å². The molecule has 1 fully saturated rings. The third-order valence-electron chi connectivity index (χ3n) is 5.01. The Kier molecular flexibility index (Phi) is 5.41. The average Bonchev–Trinajstić information content (AvgIpc) is 3.24. The molecule has 25 heavy (non-hydrogen) atoms. The number of amides is 1. The molecular weight excluding hydrogens is 314 g/mol. The number of rotatable bonds is 6. The molecule has 0 spiro atoms. The minimum absolute atomic E-state index is 0.136. The van der Waals surface area contributed by atoms with Gasteiger partial charge in [0.25, 0.3) is 0 Å². The number of carbonyl (C=O) groups excluding carboxylic acids is 1. The molecule has 5 nitrogen and oxygen atoms in total. The fourth-order valence-electron chi connectivity index (χ4n) is 3.70. The fraction of sp³-hybridized carbons (Fsp3) is 0.500. The van der Waals surface area contributed by atoms with E-state index in [0.717, 1.165) is 42.8 Å². The van der Waals surface area contributed by atoms with E-state index in [4.69, 9.17) is 4.74 Å². The second kappa shape index (κ2) is 7.72. The molecule has 1 saturated heterocycles. The highest BCUT2D eigenvalue weighted by atomic mass is 16.5. The summed E-state index contributed by atoms with van der Waals surface area (Å²) in [6, 6.07) is 8.20. The third-order valence-corrected chi connectivity index (χ3v) is 5.01. The molecule has 1 aromatic carbocycles. The monoisotopic (exact) mass is 341 g/mol. The molecule has 0 bridgehead atoms. The summed E-state index contributed by atoms with van der Waals surface area (Å²) in [5, 5.41) is 4.37. The van der Waals surface area contributed by atoms with E-state index in [1.54, 1.807) is 7.11 Å². The standard InChI is InChI=1S/C20H27N3O2/c1-15-12-21-22(13-15)14-17-7-6-10-23(17)20(24)11-16(2)18-8-4-5-9-19(18)25-3/h4-5,8-9,12-13,16-17H,6-7,10-11,14H2,1-3H3/t16-,17+/m0/s1. The maximum absolute atomic E-state index is 12.9. The first kappa shape index (κ1) is 17.5. The molecule has 0 radical (unpaired) electrons. The Morgan fingerprint density at radius 2 is 2.20 bits per heavy atom. The topological polar surface area (TPSA) is 47.4 Å². The Balaban J connectivity index is 1.65. The molecule has 0 saturated carbocycles. The van der Waals surface area contributed by atoms with E-state index in [1.807, 2.05) is 53.2 Å². The molecule has 134 valence electrons. The van der Waals surface area contributed by atoms with Crippen LogP contribution in [0.3, 0.4) is 0 Å². The average molecular weight is 341 g/mol. The number of aryl methyl sites for hydroxylation is 1. The van der Waals surface area contributed by atoms with E-state index < -0.39 is 0 Å². The first-order valence-electron chi connectivity index (χ1n) is 9.00. The number of para-hydroxylation sites is 1. The van der Waals surface area contributed by atoms with E-state index >= 15 is 0 Å². The summed E-state index contributed by atoms with van der Waals surface area (Å²) < 4.78 is 7.39. The van der Waals surface area contributed by atoms with Gasteiger partial charge in [-0.15, -0.1) is 0 Å². The molecule has 2 atom stereocenters. The van der Waals surface area contributed by atoms with Gasteiger partial charge in [-0.25, -0.2) is 0 Å². The molecule has 0 aliphatic carbocycles. The van der Waals surface area contributed by atoms with Gasteiger partial charge in [0.2, 0.25) is 5.91 Å². The molecule has 1 aromatic heterocycles. The lowest BCUT2D eigenvalue weighted by Gasteiger charge is -2.26. The number of ether oxygens (including phenoxy) is 1. The largest absolute Gasteiger partial charge is 0.496 e. The lowest BCUT2D eigenvalue weighted by Crippen LogP contribution is -2.38. The first-order valence-corrected chi connectivity index (χ1v) is 9.00. The normalized spacial score (nSPS) is 18.4. The highest BCUT2D eigenvalue weighted by Crippen LogP contribution is 2.30. The van der Waals surface area contributed by atoms with Crippen LogP contribution in [0, 0.1) is 6.92 Å². The molecule has 1 amide bonds. The van der Waals surface area contributed by atoms with Crippen LogP contribution in [0.15, 0.2) is 36.7 Å². The van der Waals surface area contributed by atoms with Gasteiger partial charge in [0.05, 0.1) is 25.9 Å². The van der Waals surface area contributed by atoms with Crippen LogP contribution >= 0.6 is 0 Å². The number of hydrogen-bond acceptors (Lipinski definition) is 3. The molecule has 0 N–H and O–H groups in total. The highest BCUT2D eigenvalue weighted by Gasteiger charge is 2.30. The van der Waals surface area contributed by atoms with Crippen molar-refractivity contribution < 1.29 is 9.53 Å². The van der Waals surface area contributed by atoms with Crippen molar-refractivity contribution in [2.45, 2.75) is 51.6 Å². The Hall–Kier alpha value is -2.30. The molecule has 5 heteroatoms. The van der Waals surface area contributed by atoms with Crippen molar-refractivity contribution in [2.75, 3.05) is 13.7 Å². The van der Waals surface area contributed by atoms with Gasteiger partial charge in [0.15, 0.2) is 0 Å². The van der Waals surface area contributed by atoms with Crippen LogP contribution in [0.1, 0.15) is 43.2 Å². The zero-order valence-electron chi connectivity index (χ0n) is 15.3. The quantitative estimate of drug-likeness (QED) is 0.809. The van der Waals surface area contributed by atoms with Gasteiger partial charge in [-0.3, -0.25) is 9.48 Å². The van der Waals surface area contributed by atoms with E-state index in [9.17, 15) is 4.79 Å². The molecule has 2 heterocycles. The van der Waals surface area contributed by atoms with E-state index in [1.165, 1.54) is 0 Å². The summed E-state index contributed by atoms with van der Waals surface area (Å²) >= 11 is 0. The number of nitrogens with zero attached hydrogens (tertiary/aromatic N) is 3. The highest BCUT2D eigenvalue weighted by molar-refractivity contribution is 5.78. The zero-order chi connectivity index (χ0) is 17.8. The van der Waals surface area contributed by atoms with Gasteiger partial charge in [-0.05, 0) is 42.9 Å². The van der Waals surface area contributed by atoms with Gasteiger partial charge < -0.3 is 9.64 Å². The van der Waals surface area contributed by atoms with Gasteiger partial charge in [0.1, 0.15) is 5.75 Å². The Morgan fingerprint density at radius 3 is 2.92 bits per heavy atom. The number of methoxy groups -OCH3 is 1. The molecule has 0 unspecified atom stereocenters. The van der Waals surface area contributed by atoms with E-state index in [0.29, 0.717) is 6.42 Å². The smallest absolute Gasteiger partial charge is 0.223 e. The van der Waals surface area contributed by atoms with E-state index in [2.05, 4.69) is 12.0 Å². The molecule has 2 aromatic rings. The van der Waals surface area contributed by atoms with Gasteiger partial charge in [-0.1, -0.05) is 25.1 Å². The van der Waals surface area contributed by atoms with Crippen molar-refractivity contribution in [3.63, 3.8) is 0 Å². The lowest BCUT2D eigenvalue weighted by molar-refractivity contribution is -0.132. The second-order valence-corrected chi connectivity index (χ2v) is 6.97. The summed E-state index contributed by atoms with van der Waals surface area (Å²) in [5.41, 5.74) is 2.25. The van der Waals surface area contributed by atoms with Crippen LogP contribution in [0.4, 0.5) is 0 Å². The van der Waals surface area contributed by atoms with Crippen molar-refractivity contribution in [2.24, 2.45) is 0 Å². The second-order valence-electron chi connectivity index (χ2n) is 6.97. The fourth-order valence-corrected chi connectivity index (χ4v) is 3.70.